The van der Waals surface area contributed by atoms with E-state index in [1.807, 2.05) is 4.98 Å². The third kappa shape index (κ3) is 5.16. The van der Waals surface area contributed by atoms with Crippen molar-refractivity contribution in [3.8, 4) is 0 Å². The molecule has 0 spiro atoms. The van der Waals surface area contributed by atoms with E-state index in [-0.39, 0.29) is 12.2 Å². The van der Waals surface area contributed by atoms with E-state index in [1.54, 1.807) is 0 Å². The maximum Gasteiger partial charge on any atom is 0.330 e. The van der Waals surface area contributed by atoms with Crippen LogP contribution in [0.1, 0.15) is 44.3 Å². The lowest BCUT2D eigenvalue weighted by Gasteiger charge is -2.24. The van der Waals surface area contributed by atoms with Crippen LogP contribution in [0, 0.1) is 0 Å². The van der Waals surface area contributed by atoms with Gasteiger partial charge in [-0.15, -0.1) is 0 Å². The zero-order valence-electron chi connectivity index (χ0n) is 16.1. The maximum atomic E-state index is 12.3. The zero-order chi connectivity index (χ0) is 21.9. The number of carbonyl (C=O) groups excluding carboxylic acids is 4. The summed E-state index contributed by atoms with van der Waals surface area (Å²) in [6, 6.07) is 0. The second-order valence-electron chi connectivity index (χ2n) is 6.28. The molecular formula is C17H20N2O10. The second kappa shape index (κ2) is 8.82. The number of ketones is 1. The first kappa shape index (κ1) is 22.0. The first-order valence-electron chi connectivity index (χ1n) is 8.51. The molecule has 1 aromatic heterocycles. The van der Waals surface area contributed by atoms with Crippen molar-refractivity contribution in [2.24, 2.45) is 0 Å². The van der Waals surface area contributed by atoms with Crippen LogP contribution in [-0.4, -0.2) is 58.2 Å². The Kier molecular flexibility index (Phi) is 6.69. The number of H-pyrrole nitrogens is 1. The van der Waals surface area contributed by atoms with Gasteiger partial charge in [0.2, 0.25) is 0 Å². The maximum absolute atomic E-state index is 12.3. The van der Waals surface area contributed by atoms with Crippen molar-refractivity contribution in [2.45, 2.75) is 52.2 Å². The fourth-order valence-corrected chi connectivity index (χ4v) is 2.84. The van der Waals surface area contributed by atoms with Crippen LogP contribution in [0.3, 0.4) is 0 Å². The van der Waals surface area contributed by atoms with E-state index in [2.05, 4.69) is 0 Å². The molecule has 0 radical (unpaired) electrons. The molecule has 1 aromatic rings. The second-order valence-corrected chi connectivity index (χ2v) is 6.28. The molecule has 12 nitrogen and oxygen atoms in total. The Morgan fingerprint density at radius 2 is 1.59 bits per heavy atom. The predicted molar refractivity (Wildman–Crippen MR) is 93.0 cm³/mol. The normalized spacial score (nSPS) is 23.3. The van der Waals surface area contributed by atoms with Crippen molar-refractivity contribution in [1.29, 1.82) is 0 Å². The first-order chi connectivity index (χ1) is 13.5. The van der Waals surface area contributed by atoms with Crippen LogP contribution >= 0.6 is 0 Å². The number of nitrogens with zero attached hydrogens (tertiary/aromatic N) is 1. The topological polar surface area (TPSA) is 160 Å². The molecular weight excluding hydrogens is 392 g/mol. The van der Waals surface area contributed by atoms with E-state index in [4.69, 9.17) is 18.9 Å². The Morgan fingerprint density at radius 1 is 1.00 bits per heavy atom. The van der Waals surface area contributed by atoms with Crippen LogP contribution in [-0.2, 0) is 33.3 Å². The number of aromatic amines is 1. The number of esters is 3. The van der Waals surface area contributed by atoms with E-state index in [0.717, 1.165) is 38.5 Å². The van der Waals surface area contributed by atoms with Crippen molar-refractivity contribution in [3.05, 3.63) is 32.6 Å². The molecule has 0 saturated carbocycles. The Balaban J connectivity index is 2.54. The van der Waals surface area contributed by atoms with Gasteiger partial charge in [-0.3, -0.25) is 33.5 Å². The van der Waals surface area contributed by atoms with Gasteiger partial charge in [-0.25, -0.2) is 4.79 Å². The van der Waals surface area contributed by atoms with Gasteiger partial charge in [0, 0.05) is 27.0 Å². The standard InChI is InChI=1S/C17H20N2O10/c1-7(20)11-5-19(17(25)18-15(11)24)16-14(28-10(4)23)13(27-9(3)22)12(29-16)6-26-8(2)21/h5,12-14,16H,6H2,1-4H3,(H,18,24,25)/t12-,13+,14-,16-/m1/s1. The average Bonchev–Trinajstić information content (AvgIpc) is 2.89. The summed E-state index contributed by atoms with van der Waals surface area (Å²) >= 11 is 0. The van der Waals surface area contributed by atoms with Crippen LogP contribution in [0.5, 0.6) is 0 Å². The highest BCUT2D eigenvalue weighted by atomic mass is 16.7. The van der Waals surface area contributed by atoms with Gasteiger partial charge in [0.1, 0.15) is 12.7 Å². The summed E-state index contributed by atoms with van der Waals surface area (Å²) in [7, 11) is 0. The summed E-state index contributed by atoms with van der Waals surface area (Å²) in [5.74, 6) is -2.75. The Morgan fingerprint density at radius 3 is 2.10 bits per heavy atom. The van der Waals surface area contributed by atoms with E-state index in [0.29, 0.717) is 0 Å². The van der Waals surface area contributed by atoms with Crippen LogP contribution in [0.25, 0.3) is 0 Å². The van der Waals surface area contributed by atoms with Gasteiger partial charge >= 0.3 is 23.6 Å². The molecule has 0 aromatic carbocycles. The van der Waals surface area contributed by atoms with Crippen molar-refractivity contribution >= 4 is 23.7 Å². The summed E-state index contributed by atoms with van der Waals surface area (Å²) in [5, 5.41) is 0. The summed E-state index contributed by atoms with van der Waals surface area (Å²) in [5.41, 5.74) is -2.17. The molecule has 1 N–H and O–H groups in total. The lowest BCUT2D eigenvalue weighted by Crippen LogP contribution is -2.43. The third-order valence-corrected chi connectivity index (χ3v) is 3.96. The molecule has 0 aliphatic carbocycles. The van der Waals surface area contributed by atoms with Gasteiger partial charge in [-0.05, 0) is 6.92 Å². The summed E-state index contributed by atoms with van der Waals surface area (Å²) in [6.07, 6.45) is -4.03. The quantitative estimate of drug-likeness (QED) is 0.351. The van der Waals surface area contributed by atoms with Gasteiger partial charge in [-0.2, -0.15) is 0 Å². The molecule has 29 heavy (non-hydrogen) atoms. The zero-order valence-corrected chi connectivity index (χ0v) is 16.1. The Labute approximate surface area is 163 Å². The highest BCUT2D eigenvalue weighted by molar-refractivity contribution is 5.93. The Bertz CT molecular complexity index is 946. The molecule has 0 bridgehead atoms. The summed E-state index contributed by atoms with van der Waals surface area (Å²) < 4.78 is 21.8. The molecule has 1 aliphatic heterocycles. The number of carbonyl (C=O) groups is 4. The van der Waals surface area contributed by atoms with Gasteiger partial charge < -0.3 is 18.9 Å². The fourth-order valence-electron chi connectivity index (χ4n) is 2.84. The predicted octanol–water partition coefficient (Wildman–Crippen LogP) is -0.937. The first-order valence-corrected chi connectivity index (χ1v) is 8.51. The lowest BCUT2D eigenvalue weighted by atomic mass is 10.1. The SMILES string of the molecule is CC(=O)OC[C@H]1O[C@@H](n2cc(C(C)=O)c(=O)[nH]c2=O)[C@H](OC(C)=O)[C@H]1OC(C)=O. The smallest absolute Gasteiger partial charge is 0.330 e. The van der Waals surface area contributed by atoms with Crippen molar-refractivity contribution < 1.29 is 38.1 Å². The molecule has 2 heterocycles. The molecule has 12 heteroatoms. The number of hydrogen-bond acceptors (Lipinski definition) is 10. The monoisotopic (exact) mass is 412 g/mol. The van der Waals surface area contributed by atoms with Gasteiger partial charge in [0.25, 0.3) is 5.56 Å². The van der Waals surface area contributed by atoms with Gasteiger partial charge in [-0.1, -0.05) is 0 Å². The highest BCUT2D eigenvalue weighted by Gasteiger charge is 2.51. The minimum Gasteiger partial charge on any atom is -0.463 e. The number of hydrogen-bond donors (Lipinski definition) is 1. The van der Waals surface area contributed by atoms with E-state index >= 15 is 0 Å². The molecule has 1 saturated heterocycles. The molecule has 1 aliphatic rings. The van der Waals surface area contributed by atoms with Crippen LogP contribution < -0.4 is 11.2 Å². The summed E-state index contributed by atoms with van der Waals surface area (Å²) in [4.78, 5) is 72.0. The van der Waals surface area contributed by atoms with Gasteiger partial charge in [0.15, 0.2) is 24.2 Å². The van der Waals surface area contributed by atoms with Crippen LogP contribution in [0.4, 0.5) is 0 Å². The van der Waals surface area contributed by atoms with Crippen molar-refractivity contribution in [3.63, 3.8) is 0 Å². The fraction of sp³-hybridized carbons (Fsp3) is 0.529. The minimum absolute atomic E-state index is 0.331. The highest BCUT2D eigenvalue weighted by Crippen LogP contribution is 2.33. The molecule has 0 amide bonds. The molecule has 0 unspecified atom stereocenters. The van der Waals surface area contributed by atoms with Crippen LogP contribution in [0.2, 0.25) is 0 Å². The number of ether oxygens (including phenoxy) is 4. The lowest BCUT2D eigenvalue weighted by molar-refractivity contribution is -0.166. The molecule has 158 valence electrons. The van der Waals surface area contributed by atoms with E-state index in [1.165, 1.54) is 0 Å². The number of Topliss-reactive ketones (excluding diaryl/α,β-unsaturated/α-hetero) is 1. The summed E-state index contributed by atoms with van der Waals surface area (Å²) in [6.45, 7) is 4.13. The number of aromatic nitrogens is 2. The minimum atomic E-state index is -1.37. The number of rotatable bonds is 6. The Hall–Kier alpha value is -3.28. The average molecular weight is 412 g/mol. The van der Waals surface area contributed by atoms with Crippen molar-refractivity contribution in [2.75, 3.05) is 6.61 Å². The van der Waals surface area contributed by atoms with Crippen molar-refractivity contribution in [1.82, 2.24) is 9.55 Å². The largest absolute Gasteiger partial charge is 0.463 e. The molecule has 4 atom stereocenters. The molecule has 2 rings (SSSR count). The van der Waals surface area contributed by atoms with E-state index in [9.17, 15) is 28.8 Å². The van der Waals surface area contributed by atoms with E-state index < -0.39 is 59.5 Å². The molecule has 1 fully saturated rings. The number of nitrogens with one attached hydrogen (secondary N) is 1. The van der Waals surface area contributed by atoms with Crippen LogP contribution in [0.15, 0.2) is 15.8 Å². The third-order valence-electron chi connectivity index (χ3n) is 3.96. The van der Waals surface area contributed by atoms with Gasteiger partial charge in [0.05, 0.1) is 5.56 Å².